The Bertz CT molecular complexity index is 335. The van der Waals surface area contributed by atoms with E-state index in [9.17, 15) is 4.79 Å². The molecule has 0 amide bonds. The molecule has 3 heterocycles. The van der Waals surface area contributed by atoms with E-state index in [0.717, 1.165) is 38.9 Å². The lowest BCUT2D eigenvalue weighted by molar-refractivity contribution is -0.159. The quantitative estimate of drug-likeness (QED) is 0.790. The molecule has 3 aliphatic rings. The third-order valence-corrected chi connectivity index (χ3v) is 4.79. The van der Waals surface area contributed by atoms with Crippen molar-refractivity contribution in [3.63, 3.8) is 0 Å². The minimum absolute atomic E-state index is 0.0876. The minimum atomic E-state index is -0.125. The molecule has 3 atom stereocenters. The Morgan fingerprint density at radius 3 is 2.58 bits per heavy atom. The molecule has 0 bridgehead atoms. The molecule has 2 N–H and O–H groups in total. The second-order valence-electron chi connectivity index (χ2n) is 6.04. The van der Waals surface area contributed by atoms with Crippen molar-refractivity contribution >= 4 is 5.78 Å². The summed E-state index contributed by atoms with van der Waals surface area (Å²) in [5.74, 6) is 0.267. The summed E-state index contributed by atoms with van der Waals surface area (Å²) in [5.41, 5.74) is 5.83. The molecule has 1 spiro atoms. The van der Waals surface area contributed by atoms with E-state index in [-0.39, 0.29) is 23.5 Å². The lowest BCUT2D eigenvalue weighted by atomic mass is 9.76. The number of hydrogen-bond donors (Lipinski definition) is 1. The van der Waals surface area contributed by atoms with Gasteiger partial charge in [-0.1, -0.05) is 0 Å². The van der Waals surface area contributed by atoms with Crippen LogP contribution in [0.5, 0.6) is 0 Å². The van der Waals surface area contributed by atoms with Crippen LogP contribution in [0, 0.1) is 11.8 Å². The molecule has 5 nitrogen and oxygen atoms in total. The molecule has 0 aromatic rings. The van der Waals surface area contributed by atoms with Crippen molar-refractivity contribution in [1.29, 1.82) is 0 Å². The molecule has 108 valence electrons. The predicted molar refractivity (Wildman–Crippen MR) is 68.8 cm³/mol. The molecule has 3 rings (SSSR count). The van der Waals surface area contributed by atoms with E-state index in [2.05, 4.69) is 0 Å². The van der Waals surface area contributed by atoms with Crippen LogP contribution in [0.15, 0.2) is 0 Å². The standard InChI is InChI=1S/C14H23NO4/c15-12-9-18-8-11(12)13(16)10-1-4-19-14(7-10)2-5-17-6-3-14/h10-12H,1-9,15H2. The monoisotopic (exact) mass is 269 g/mol. The number of rotatable bonds is 2. The number of carbonyl (C=O) groups excluding carboxylic acids is 1. The number of nitrogens with two attached hydrogens (primary N) is 1. The molecule has 0 radical (unpaired) electrons. The highest BCUT2D eigenvalue weighted by molar-refractivity contribution is 5.84. The summed E-state index contributed by atoms with van der Waals surface area (Å²) in [7, 11) is 0. The highest BCUT2D eigenvalue weighted by Crippen LogP contribution is 2.38. The Hall–Kier alpha value is -0.490. The van der Waals surface area contributed by atoms with Gasteiger partial charge in [-0.3, -0.25) is 4.79 Å². The van der Waals surface area contributed by atoms with E-state index < -0.39 is 0 Å². The highest BCUT2D eigenvalue weighted by atomic mass is 16.5. The van der Waals surface area contributed by atoms with Gasteiger partial charge in [0, 0.05) is 31.8 Å². The zero-order chi connectivity index (χ0) is 13.3. The van der Waals surface area contributed by atoms with E-state index >= 15 is 0 Å². The Kier molecular flexibility index (Phi) is 3.89. The van der Waals surface area contributed by atoms with E-state index in [1.165, 1.54) is 0 Å². The van der Waals surface area contributed by atoms with Crippen molar-refractivity contribution < 1.29 is 19.0 Å². The fourth-order valence-electron chi connectivity index (χ4n) is 3.53. The molecule has 3 aliphatic heterocycles. The summed E-state index contributed by atoms with van der Waals surface area (Å²) >= 11 is 0. The molecule has 0 saturated carbocycles. The smallest absolute Gasteiger partial charge is 0.143 e. The second-order valence-corrected chi connectivity index (χ2v) is 6.04. The van der Waals surface area contributed by atoms with Crippen LogP contribution >= 0.6 is 0 Å². The fourth-order valence-corrected chi connectivity index (χ4v) is 3.53. The number of carbonyl (C=O) groups is 1. The Morgan fingerprint density at radius 1 is 1.11 bits per heavy atom. The van der Waals surface area contributed by atoms with Gasteiger partial charge < -0.3 is 19.9 Å². The van der Waals surface area contributed by atoms with Gasteiger partial charge in [-0.2, -0.15) is 0 Å². The van der Waals surface area contributed by atoms with Gasteiger partial charge in [0.15, 0.2) is 0 Å². The topological polar surface area (TPSA) is 70.8 Å². The van der Waals surface area contributed by atoms with Crippen LogP contribution in [-0.2, 0) is 19.0 Å². The van der Waals surface area contributed by atoms with Crippen LogP contribution in [0.4, 0.5) is 0 Å². The molecule has 3 fully saturated rings. The Balaban J connectivity index is 1.65. The maximum absolute atomic E-state index is 12.6. The second kappa shape index (κ2) is 5.48. The maximum atomic E-state index is 12.6. The zero-order valence-corrected chi connectivity index (χ0v) is 11.3. The van der Waals surface area contributed by atoms with Crippen LogP contribution in [0.3, 0.4) is 0 Å². The van der Waals surface area contributed by atoms with Crippen molar-refractivity contribution in [2.24, 2.45) is 17.6 Å². The van der Waals surface area contributed by atoms with Crippen LogP contribution in [-0.4, -0.2) is 50.5 Å². The number of ketones is 1. The van der Waals surface area contributed by atoms with Gasteiger partial charge in [-0.05, 0) is 25.7 Å². The molecule has 19 heavy (non-hydrogen) atoms. The third kappa shape index (κ3) is 2.70. The summed E-state index contributed by atoms with van der Waals surface area (Å²) in [6.45, 7) is 3.17. The first-order valence-electron chi connectivity index (χ1n) is 7.29. The summed E-state index contributed by atoms with van der Waals surface area (Å²) < 4.78 is 16.7. The Labute approximate surface area is 113 Å². The Morgan fingerprint density at radius 2 is 1.89 bits per heavy atom. The van der Waals surface area contributed by atoms with Gasteiger partial charge >= 0.3 is 0 Å². The first kappa shape index (κ1) is 13.5. The predicted octanol–water partition coefficient (Wildman–Crippen LogP) is 0.505. The van der Waals surface area contributed by atoms with Crippen molar-refractivity contribution in [2.75, 3.05) is 33.0 Å². The van der Waals surface area contributed by atoms with Gasteiger partial charge in [0.2, 0.25) is 0 Å². The van der Waals surface area contributed by atoms with E-state index in [1.807, 2.05) is 0 Å². The summed E-state index contributed by atoms with van der Waals surface area (Å²) in [5, 5.41) is 0. The molecule has 0 aromatic carbocycles. The van der Waals surface area contributed by atoms with E-state index in [1.54, 1.807) is 0 Å². The SMILES string of the molecule is NC1COCC1C(=O)C1CCOC2(CCOCC2)C1. The average molecular weight is 269 g/mol. The minimum Gasteiger partial charge on any atom is -0.381 e. The van der Waals surface area contributed by atoms with Gasteiger partial charge in [-0.25, -0.2) is 0 Å². The van der Waals surface area contributed by atoms with E-state index in [4.69, 9.17) is 19.9 Å². The normalized spacial score (nSPS) is 38.5. The number of hydrogen-bond acceptors (Lipinski definition) is 5. The van der Waals surface area contributed by atoms with Gasteiger partial charge in [0.1, 0.15) is 5.78 Å². The summed E-state index contributed by atoms with van der Waals surface area (Å²) in [6.07, 6.45) is 3.47. The molecule has 0 aliphatic carbocycles. The van der Waals surface area contributed by atoms with Gasteiger partial charge in [0.25, 0.3) is 0 Å². The van der Waals surface area contributed by atoms with Crippen molar-refractivity contribution in [1.82, 2.24) is 0 Å². The zero-order valence-electron chi connectivity index (χ0n) is 11.3. The fraction of sp³-hybridized carbons (Fsp3) is 0.929. The van der Waals surface area contributed by atoms with Gasteiger partial charge in [0.05, 0.1) is 24.7 Å². The summed E-state index contributed by atoms with van der Waals surface area (Å²) in [6, 6.07) is -0.124. The molecular weight excluding hydrogens is 246 g/mol. The van der Waals surface area contributed by atoms with E-state index in [0.29, 0.717) is 25.6 Å². The number of ether oxygens (including phenoxy) is 3. The molecule has 3 unspecified atom stereocenters. The van der Waals surface area contributed by atoms with Crippen molar-refractivity contribution in [2.45, 2.75) is 37.3 Å². The molecular formula is C14H23NO4. The first-order valence-corrected chi connectivity index (χ1v) is 7.29. The van der Waals surface area contributed by atoms with Crippen molar-refractivity contribution in [3.05, 3.63) is 0 Å². The lowest BCUT2D eigenvalue weighted by Gasteiger charge is -2.43. The third-order valence-electron chi connectivity index (χ3n) is 4.79. The largest absolute Gasteiger partial charge is 0.381 e. The van der Waals surface area contributed by atoms with Crippen LogP contribution in [0.2, 0.25) is 0 Å². The van der Waals surface area contributed by atoms with Crippen LogP contribution in [0.25, 0.3) is 0 Å². The average Bonchev–Trinajstić information content (AvgIpc) is 2.85. The lowest BCUT2D eigenvalue weighted by Crippen LogP contribution is -2.48. The molecule has 5 heteroatoms. The molecule has 0 aromatic heterocycles. The van der Waals surface area contributed by atoms with Crippen LogP contribution < -0.4 is 5.73 Å². The van der Waals surface area contributed by atoms with Crippen LogP contribution in [0.1, 0.15) is 25.7 Å². The first-order chi connectivity index (χ1) is 9.20. The molecule has 3 saturated heterocycles. The summed E-state index contributed by atoms with van der Waals surface area (Å²) in [4.78, 5) is 12.6. The number of Topliss-reactive ketones (excluding diaryl/α,β-unsaturated/α-hetero) is 1. The maximum Gasteiger partial charge on any atom is 0.143 e. The van der Waals surface area contributed by atoms with Gasteiger partial charge in [-0.15, -0.1) is 0 Å². The van der Waals surface area contributed by atoms with Crippen molar-refractivity contribution in [3.8, 4) is 0 Å². The highest BCUT2D eigenvalue weighted by Gasteiger charge is 2.44.